The molecule has 0 amide bonds. The summed E-state index contributed by atoms with van der Waals surface area (Å²) in [5, 5.41) is 0. The summed E-state index contributed by atoms with van der Waals surface area (Å²) >= 11 is 0. The van der Waals surface area contributed by atoms with Crippen LogP contribution in [0.1, 0.15) is 33.1 Å². The minimum Gasteiger partial charge on any atom is -0.266 e. The number of allylic oxidation sites excluding steroid dienone is 2. The lowest BCUT2D eigenvalue weighted by atomic mass is 10.1. The summed E-state index contributed by atoms with van der Waals surface area (Å²) in [6.45, 7) is 4.50. The van der Waals surface area contributed by atoms with Crippen LogP contribution in [-0.2, 0) is 0 Å². The zero-order chi connectivity index (χ0) is 7.40. The molecule has 1 heterocycles. The maximum atomic E-state index is 4.24. The van der Waals surface area contributed by atoms with Crippen LogP contribution in [0.4, 0.5) is 0 Å². The van der Waals surface area contributed by atoms with Crippen molar-refractivity contribution in [1.82, 2.24) is 0 Å². The van der Waals surface area contributed by atoms with Gasteiger partial charge in [-0.3, -0.25) is 4.99 Å². The summed E-state index contributed by atoms with van der Waals surface area (Å²) in [5.41, 5.74) is 1.29. The van der Waals surface area contributed by atoms with Crippen molar-refractivity contribution in [1.29, 1.82) is 0 Å². The number of aliphatic imine (C=N–C) groups is 1. The molecule has 1 rings (SSSR count). The highest BCUT2D eigenvalue weighted by Gasteiger charge is 2.00. The SMILES string of the molecule is CC(C)CCC1=CCC=N1. The molecule has 0 radical (unpaired) electrons. The van der Waals surface area contributed by atoms with Crippen molar-refractivity contribution in [3.8, 4) is 0 Å². The maximum absolute atomic E-state index is 4.24. The van der Waals surface area contributed by atoms with Crippen molar-refractivity contribution in [3.63, 3.8) is 0 Å². The van der Waals surface area contributed by atoms with Gasteiger partial charge < -0.3 is 0 Å². The van der Waals surface area contributed by atoms with Gasteiger partial charge >= 0.3 is 0 Å². The average molecular weight is 137 g/mol. The third-order valence-electron chi connectivity index (χ3n) is 1.69. The molecule has 0 unspecified atom stereocenters. The predicted molar refractivity (Wildman–Crippen MR) is 45.3 cm³/mol. The van der Waals surface area contributed by atoms with Gasteiger partial charge in [0, 0.05) is 18.3 Å². The van der Waals surface area contributed by atoms with Crippen molar-refractivity contribution < 1.29 is 0 Å². The number of rotatable bonds is 3. The van der Waals surface area contributed by atoms with Crippen LogP contribution < -0.4 is 0 Å². The summed E-state index contributed by atoms with van der Waals surface area (Å²) < 4.78 is 0. The fourth-order valence-electron chi connectivity index (χ4n) is 1.01. The zero-order valence-corrected chi connectivity index (χ0v) is 6.80. The normalized spacial score (nSPS) is 16.5. The molecule has 0 saturated carbocycles. The van der Waals surface area contributed by atoms with Crippen LogP contribution in [0.3, 0.4) is 0 Å². The molecule has 0 aliphatic carbocycles. The Balaban J connectivity index is 2.19. The van der Waals surface area contributed by atoms with Gasteiger partial charge in [0.2, 0.25) is 0 Å². The van der Waals surface area contributed by atoms with Crippen molar-refractivity contribution in [3.05, 3.63) is 11.8 Å². The molecule has 1 nitrogen and oxygen atoms in total. The highest BCUT2D eigenvalue weighted by atomic mass is 14.7. The van der Waals surface area contributed by atoms with E-state index >= 15 is 0 Å². The van der Waals surface area contributed by atoms with Gasteiger partial charge in [-0.2, -0.15) is 0 Å². The Morgan fingerprint density at radius 3 is 2.90 bits per heavy atom. The van der Waals surface area contributed by atoms with Crippen LogP contribution in [0.2, 0.25) is 0 Å². The molecule has 1 heteroatoms. The lowest BCUT2D eigenvalue weighted by molar-refractivity contribution is 0.583. The summed E-state index contributed by atoms with van der Waals surface area (Å²) in [4.78, 5) is 4.24. The van der Waals surface area contributed by atoms with E-state index < -0.39 is 0 Å². The highest BCUT2D eigenvalue weighted by Crippen LogP contribution is 2.15. The van der Waals surface area contributed by atoms with Gasteiger partial charge in [-0.15, -0.1) is 0 Å². The molecule has 0 bridgehead atoms. The van der Waals surface area contributed by atoms with E-state index in [-0.39, 0.29) is 0 Å². The largest absolute Gasteiger partial charge is 0.266 e. The molecule has 0 spiro atoms. The first kappa shape index (κ1) is 7.52. The van der Waals surface area contributed by atoms with E-state index in [1.165, 1.54) is 12.1 Å². The Hall–Kier alpha value is -0.590. The van der Waals surface area contributed by atoms with Gasteiger partial charge in [-0.1, -0.05) is 19.9 Å². The van der Waals surface area contributed by atoms with Gasteiger partial charge in [0.25, 0.3) is 0 Å². The quantitative estimate of drug-likeness (QED) is 0.567. The van der Waals surface area contributed by atoms with Crippen LogP contribution in [0, 0.1) is 5.92 Å². The topological polar surface area (TPSA) is 12.4 Å². The third kappa shape index (κ3) is 2.34. The minimum atomic E-state index is 0.802. The van der Waals surface area contributed by atoms with Crippen molar-refractivity contribution >= 4 is 6.21 Å². The smallest absolute Gasteiger partial charge is 0.0363 e. The van der Waals surface area contributed by atoms with Crippen LogP contribution in [0.5, 0.6) is 0 Å². The van der Waals surface area contributed by atoms with Crippen LogP contribution in [0.25, 0.3) is 0 Å². The molecule has 0 aromatic heterocycles. The van der Waals surface area contributed by atoms with Crippen molar-refractivity contribution in [2.75, 3.05) is 0 Å². The molecule has 0 aromatic rings. The average Bonchev–Trinajstić information content (AvgIpc) is 2.34. The second-order valence-corrected chi connectivity index (χ2v) is 3.18. The Labute approximate surface area is 62.9 Å². The van der Waals surface area contributed by atoms with Gasteiger partial charge in [-0.05, 0) is 18.8 Å². The molecular weight excluding hydrogens is 122 g/mol. The molecule has 56 valence electrons. The Kier molecular flexibility index (Phi) is 2.67. The molecule has 0 atom stereocenters. The number of hydrogen-bond acceptors (Lipinski definition) is 1. The van der Waals surface area contributed by atoms with E-state index in [1.807, 2.05) is 6.21 Å². The van der Waals surface area contributed by atoms with Crippen molar-refractivity contribution in [2.24, 2.45) is 10.9 Å². The predicted octanol–water partition coefficient (Wildman–Crippen LogP) is 2.78. The van der Waals surface area contributed by atoms with Gasteiger partial charge in [0.1, 0.15) is 0 Å². The lowest BCUT2D eigenvalue weighted by Crippen LogP contribution is -1.86. The highest BCUT2D eigenvalue weighted by molar-refractivity contribution is 5.64. The molecule has 0 fully saturated rings. The molecule has 10 heavy (non-hydrogen) atoms. The van der Waals surface area contributed by atoms with Crippen LogP contribution in [-0.4, -0.2) is 6.21 Å². The Morgan fingerprint density at radius 2 is 2.40 bits per heavy atom. The summed E-state index contributed by atoms with van der Waals surface area (Å²) in [5.74, 6) is 0.802. The van der Waals surface area contributed by atoms with Crippen LogP contribution in [0.15, 0.2) is 16.8 Å². The monoisotopic (exact) mass is 137 g/mol. The molecule has 1 aliphatic rings. The summed E-state index contributed by atoms with van der Waals surface area (Å²) in [6.07, 6.45) is 7.67. The van der Waals surface area contributed by atoms with Crippen LogP contribution >= 0.6 is 0 Å². The minimum absolute atomic E-state index is 0.802. The second-order valence-electron chi connectivity index (χ2n) is 3.18. The Bertz CT molecular complexity index is 154. The van der Waals surface area contributed by atoms with E-state index in [0.29, 0.717) is 0 Å². The second kappa shape index (κ2) is 3.55. The van der Waals surface area contributed by atoms with E-state index in [0.717, 1.165) is 18.8 Å². The maximum Gasteiger partial charge on any atom is 0.0363 e. The molecule has 0 saturated heterocycles. The zero-order valence-electron chi connectivity index (χ0n) is 6.80. The van der Waals surface area contributed by atoms with E-state index in [9.17, 15) is 0 Å². The number of nitrogens with zero attached hydrogens (tertiary/aromatic N) is 1. The molecule has 0 N–H and O–H groups in total. The van der Waals surface area contributed by atoms with E-state index in [4.69, 9.17) is 0 Å². The standard InChI is InChI=1S/C9H15N/c1-8(2)5-6-9-4-3-7-10-9/h4,7-8H,3,5-6H2,1-2H3. The van der Waals surface area contributed by atoms with E-state index in [1.54, 1.807) is 0 Å². The van der Waals surface area contributed by atoms with Gasteiger partial charge in [-0.25, -0.2) is 0 Å². The fraction of sp³-hybridized carbons (Fsp3) is 0.667. The van der Waals surface area contributed by atoms with Gasteiger partial charge in [0.15, 0.2) is 0 Å². The lowest BCUT2D eigenvalue weighted by Gasteiger charge is -2.01. The first-order valence-electron chi connectivity index (χ1n) is 4.00. The third-order valence-corrected chi connectivity index (χ3v) is 1.69. The fourth-order valence-corrected chi connectivity index (χ4v) is 1.01. The molecular formula is C9H15N. The molecule has 0 aromatic carbocycles. The summed E-state index contributed by atoms with van der Waals surface area (Å²) in [7, 11) is 0. The van der Waals surface area contributed by atoms with Crippen molar-refractivity contribution in [2.45, 2.75) is 33.1 Å². The number of hydrogen-bond donors (Lipinski definition) is 0. The Morgan fingerprint density at radius 1 is 1.60 bits per heavy atom. The summed E-state index contributed by atoms with van der Waals surface area (Å²) in [6, 6.07) is 0. The van der Waals surface area contributed by atoms with E-state index in [2.05, 4.69) is 24.9 Å². The van der Waals surface area contributed by atoms with Gasteiger partial charge in [0.05, 0.1) is 0 Å². The first-order valence-corrected chi connectivity index (χ1v) is 4.00. The first-order chi connectivity index (χ1) is 4.79. The molecule has 1 aliphatic heterocycles.